The maximum Gasteiger partial charge on any atom is 0.422 e. The first-order chi connectivity index (χ1) is 8.65. The molecule has 8 heteroatoms. The van der Waals surface area contributed by atoms with E-state index in [-0.39, 0.29) is 17.3 Å². The van der Waals surface area contributed by atoms with Crippen LogP contribution in [0, 0.1) is 6.92 Å². The van der Waals surface area contributed by atoms with Crippen LogP contribution < -0.4 is 4.74 Å². The quantitative estimate of drug-likeness (QED) is 0.784. The molecule has 0 saturated heterocycles. The zero-order valence-corrected chi connectivity index (χ0v) is 11.1. The van der Waals surface area contributed by atoms with Crippen molar-refractivity contribution in [2.24, 2.45) is 0 Å². The third kappa shape index (κ3) is 4.71. The van der Waals surface area contributed by atoms with Gasteiger partial charge >= 0.3 is 6.18 Å². The number of rotatable bonds is 5. The van der Waals surface area contributed by atoms with E-state index >= 15 is 0 Å². The average Bonchev–Trinajstić information content (AvgIpc) is 2.26. The monoisotopic (exact) mass is 298 g/mol. The van der Waals surface area contributed by atoms with E-state index in [9.17, 15) is 21.6 Å². The Kier molecular flexibility index (Phi) is 4.81. The molecule has 0 fully saturated rings. The summed E-state index contributed by atoms with van der Waals surface area (Å²) < 4.78 is 68.5. The Balaban J connectivity index is 3.01. The maximum atomic E-state index is 12.1. The molecule has 1 aromatic carbocycles. The van der Waals surface area contributed by atoms with Gasteiger partial charge in [-0.1, -0.05) is 6.07 Å². The third-order valence-electron chi connectivity index (χ3n) is 2.11. The average molecular weight is 298 g/mol. The molecular weight excluding hydrogens is 285 g/mol. The van der Waals surface area contributed by atoms with Gasteiger partial charge in [-0.3, -0.25) is 4.18 Å². The van der Waals surface area contributed by atoms with E-state index in [2.05, 4.69) is 8.92 Å². The number of hydrogen-bond donors (Lipinski definition) is 0. The van der Waals surface area contributed by atoms with Gasteiger partial charge in [0.2, 0.25) is 0 Å². The first-order valence-electron chi connectivity index (χ1n) is 5.35. The van der Waals surface area contributed by atoms with Crippen LogP contribution in [-0.2, 0) is 14.3 Å². The minimum absolute atomic E-state index is 0.0606. The van der Waals surface area contributed by atoms with Gasteiger partial charge in [-0.25, -0.2) is 0 Å². The Morgan fingerprint density at radius 3 is 2.42 bits per heavy atom. The summed E-state index contributed by atoms with van der Waals surface area (Å²) >= 11 is 0. The van der Waals surface area contributed by atoms with Crippen LogP contribution in [0.15, 0.2) is 23.1 Å². The van der Waals surface area contributed by atoms with Crippen LogP contribution in [0.2, 0.25) is 0 Å². The van der Waals surface area contributed by atoms with Crippen molar-refractivity contribution < 1.29 is 30.5 Å². The van der Waals surface area contributed by atoms with Gasteiger partial charge in [0.1, 0.15) is 5.75 Å². The summed E-state index contributed by atoms with van der Waals surface area (Å²) in [5, 5.41) is 0. The lowest BCUT2D eigenvalue weighted by molar-refractivity contribution is -0.153. The molecule has 108 valence electrons. The van der Waals surface area contributed by atoms with Crippen LogP contribution in [0.25, 0.3) is 0 Å². The molecule has 1 rings (SSSR count). The summed E-state index contributed by atoms with van der Waals surface area (Å²) in [5.74, 6) is -0.141. The van der Waals surface area contributed by atoms with Crippen LogP contribution in [0.4, 0.5) is 13.2 Å². The van der Waals surface area contributed by atoms with Crippen LogP contribution in [0.1, 0.15) is 12.5 Å². The van der Waals surface area contributed by atoms with Gasteiger partial charge in [0, 0.05) is 6.07 Å². The van der Waals surface area contributed by atoms with Crippen molar-refractivity contribution >= 4 is 10.1 Å². The van der Waals surface area contributed by atoms with Crippen molar-refractivity contribution in [3.63, 3.8) is 0 Å². The fourth-order valence-corrected chi connectivity index (χ4v) is 2.21. The normalized spacial score (nSPS) is 12.5. The summed E-state index contributed by atoms with van der Waals surface area (Å²) in [6, 6.07) is 3.63. The number of aryl methyl sites for hydroxylation is 1. The van der Waals surface area contributed by atoms with Gasteiger partial charge in [-0.15, -0.1) is 0 Å². The summed E-state index contributed by atoms with van der Waals surface area (Å²) in [4.78, 5) is -0.239. The number of benzene rings is 1. The van der Waals surface area contributed by atoms with Crippen molar-refractivity contribution in [2.45, 2.75) is 24.9 Å². The molecule has 0 radical (unpaired) electrons. The largest absolute Gasteiger partial charge is 0.484 e. The smallest absolute Gasteiger partial charge is 0.422 e. The lowest BCUT2D eigenvalue weighted by Gasteiger charge is -2.12. The zero-order chi connectivity index (χ0) is 14.7. The number of halogens is 3. The minimum atomic E-state index is -4.48. The fraction of sp³-hybridized carbons (Fsp3) is 0.455. The molecule has 0 bridgehead atoms. The van der Waals surface area contributed by atoms with Crippen molar-refractivity contribution in [1.82, 2.24) is 0 Å². The molecule has 0 aromatic heterocycles. The van der Waals surface area contributed by atoms with Gasteiger partial charge in [0.25, 0.3) is 10.1 Å². The fourth-order valence-electron chi connectivity index (χ4n) is 1.27. The second-order valence-electron chi connectivity index (χ2n) is 3.69. The van der Waals surface area contributed by atoms with Gasteiger partial charge in [0.05, 0.1) is 11.5 Å². The molecule has 0 amide bonds. The highest BCUT2D eigenvalue weighted by molar-refractivity contribution is 7.86. The van der Waals surface area contributed by atoms with E-state index < -0.39 is 22.9 Å². The van der Waals surface area contributed by atoms with E-state index in [1.807, 2.05) is 0 Å². The molecule has 0 saturated carbocycles. The molecule has 0 atom stereocenters. The molecule has 1 aromatic rings. The van der Waals surface area contributed by atoms with Crippen molar-refractivity contribution in [3.05, 3.63) is 23.8 Å². The Bertz CT molecular complexity index is 537. The summed E-state index contributed by atoms with van der Waals surface area (Å²) in [6.07, 6.45) is -4.48. The molecule has 0 heterocycles. The van der Waals surface area contributed by atoms with E-state index in [1.54, 1.807) is 0 Å². The Hall–Kier alpha value is -1.28. The van der Waals surface area contributed by atoms with Crippen molar-refractivity contribution in [1.29, 1.82) is 0 Å². The van der Waals surface area contributed by atoms with Gasteiger partial charge < -0.3 is 4.74 Å². The predicted molar refractivity (Wildman–Crippen MR) is 61.5 cm³/mol. The van der Waals surface area contributed by atoms with Crippen LogP contribution in [0.3, 0.4) is 0 Å². The van der Waals surface area contributed by atoms with Crippen LogP contribution in [-0.4, -0.2) is 27.8 Å². The Morgan fingerprint density at radius 1 is 1.26 bits per heavy atom. The highest BCUT2D eigenvalue weighted by Crippen LogP contribution is 2.25. The number of alkyl halides is 3. The summed E-state index contributed by atoms with van der Waals surface area (Å²) in [6.45, 7) is 1.47. The van der Waals surface area contributed by atoms with Gasteiger partial charge in [-0.2, -0.15) is 21.6 Å². The summed E-state index contributed by atoms with van der Waals surface area (Å²) in [5.41, 5.74) is 0.402. The lowest BCUT2D eigenvalue weighted by atomic mass is 10.2. The molecule has 0 spiro atoms. The van der Waals surface area contributed by atoms with Crippen molar-refractivity contribution in [2.75, 3.05) is 13.2 Å². The Labute approximate surface area is 109 Å². The van der Waals surface area contributed by atoms with E-state index in [1.165, 1.54) is 26.0 Å². The second-order valence-corrected chi connectivity index (χ2v) is 5.31. The molecule has 0 aliphatic heterocycles. The predicted octanol–water partition coefficient (Wildman–Crippen LogP) is 2.66. The zero-order valence-electron chi connectivity index (χ0n) is 10.3. The van der Waals surface area contributed by atoms with E-state index in [0.29, 0.717) is 5.56 Å². The second kappa shape index (κ2) is 5.79. The highest BCUT2D eigenvalue weighted by Gasteiger charge is 2.29. The first-order valence-corrected chi connectivity index (χ1v) is 6.76. The first kappa shape index (κ1) is 15.8. The molecule has 0 aliphatic rings. The van der Waals surface area contributed by atoms with Gasteiger partial charge in [-0.05, 0) is 25.5 Å². The minimum Gasteiger partial charge on any atom is -0.484 e. The number of hydrogen-bond acceptors (Lipinski definition) is 4. The molecular formula is C11H13F3O4S. The molecule has 0 aliphatic carbocycles. The Morgan fingerprint density at radius 2 is 1.89 bits per heavy atom. The maximum absolute atomic E-state index is 12.1. The molecule has 4 nitrogen and oxygen atoms in total. The van der Waals surface area contributed by atoms with Crippen LogP contribution >= 0.6 is 0 Å². The van der Waals surface area contributed by atoms with Crippen LogP contribution in [0.5, 0.6) is 5.75 Å². The third-order valence-corrected chi connectivity index (χ3v) is 3.49. The number of ether oxygens (including phenoxy) is 1. The van der Waals surface area contributed by atoms with E-state index in [0.717, 1.165) is 6.07 Å². The topological polar surface area (TPSA) is 52.6 Å². The molecule has 0 unspecified atom stereocenters. The van der Waals surface area contributed by atoms with E-state index in [4.69, 9.17) is 0 Å². The summed E-state index contributed by atoms with van der Waals surface area (Å²) in [7, 11) is -3.96. The molecule has 19 heavy (non-hydrogen) atoms. The van der Waals surface area contributed by atoms with Gasteiger partial charge in [0.15, 0.2) is 6.61 Å². The lowest BCUT2D eigenvalue weighted by Crippen LogP contribution is -2.19. The molecule has 0 N–H and O–H groups in total. The van der Waals surface area contributed by atoms with Crippen molar-refractivity contribution in [3.8, 4) is 5.75 Å². The SMILES string of the molecule is CCOS(=O)(=O)c1ccc(C)c(OCC(F)(F)F)c1. The highest BCUT2D eigenvalue weighted by atomic mass is 32.2. The standard InChI is InChI=1S/C11H13F3O4S/c1-3-18-19(15,16)9-5-4-8(2)10(6-9)17-7-11(12,13)14/h4-6H,3,7H2,1-2H3.